The van der Waals surface area contributed by atoms with Crippen molar-refractivity contribution in [2.45, 2.75) is 39.7 Å². The van der Waals surface area contributed by atoms with E-state index in [0.29, 0.717) is 12.1 Å². The molecule has 0 spiro atoms. The molecule has 3 N–H and O–H groups in total. The normalized spacial score (nSPS) is 16.0. The van der Waals surface area contributed by atoms with Gasteiger partial charge in [-0.3, -0.25) is 5.84 Å². The van der Waals surface area contributed by atoms with E-state index in [0.717, 1.165) is 51.0 Å². The number of aromatic carboxylic acids is 1. The lowest BCUT2D eigenvalue weighted by molar-refractivity contribution is 0.0696. The summed E-state index contributed by atoms with van der Waals surface area (Å²) in [6, 6.07) is 2.04. The van der Waals surface area contributed by atoms with E-state index in [2.05, 4.69) is 18.8 Å². The third-order valence-electron chi connectivity index (χ3n) is 5.21. The molecule has 1 aliphatic rings. The average Bonchev–Trinajstić information content (AvgIpc) is 3.16. The lowest BCUT2D eigenvalue weighted by atomic mass is 9.76. The van der Waals surface area contributed by atoms with Crippen LogP contribution in [0.5, 0.6) is 0 Å². The van der Waals surface area contributed by atoms with Crippen molar-refractivity contribution in [1.82, 2.24) is 9.99 Å². The number of nitrogens with zero attached hydrogens (tertiary/aromatic N) is 2. The van der Waals surface area contributed by atoms with Gasteiger partial charge in [-0.25, -0.2) is 14.8 Å². The van der Waals surface area contributed by atoms with E-state index in [1.807, 2.05) is 24.7 Å². The Hall–Kier alpha value is -1.80. The predicted molar refractivity (Wildman–Crippen MR) is 111 cm³/mol. The zero-order valence-electron chi connectivity index (χ0n) is 15.7. The largest absolute Gasteiger partial charge is 0.478 e. The summed E-state index contributed by atoms with van der Waals surface area (Å²) in [4.78, 5) is 19.9. The van der Waals surface area contributed by atoms with Crippen LogP contribution in [0.4, 0.5) is 0 Å². The Kier molecular flexibility index (Phi) is 4.58. The number of thiophene rings is 2. The molecule has 4 rings (SSSR count). The summed E-state index contributed by atoms with van der Waals surface area (Å²) < 4.78 is 0. The first-order valence-electron chi connectivity index (χ1n) is 8.96. The summed E-state index contributed by atoms with van der Waals surface area (Å²) in [5.41, 5.74) is 3.57. The van der Waals surface area contributed by atoms with Gasteiger partial charge in [0, 0.05) is 35.6 Å². The summed E-state index contributed by atoms with van der Waals surface area (Å²) >= 11 is 3.21. The maximum Gasteiger partial charge on any atom is 0.337 e. The van der Waals surface area contributed by atoms with Crippen LogP contribution >= 0.6 is 22.7 Å². The highest BCUT2D eigenvalue weighted by Gasteiger charge is 2.34. The summed E-state index contributed by atoms with van der Waals surface area (Å²) in [6.07, 6.45) is 4.68. The van der Waals surface area contributed by atoms with Crippen LogP contribution in [-0.4, -0.2) is 28.1 Å². The molecule has 142 valence electrons. The number of carbonyl (C=O) groups is 1. The number of aromatic nitrogens is 1. The second kappa shape index (κ2) is 6.67. The fraction of sp³-hybridized carbons (Fsp3) is 0.400. The van der Waals surface area contributed by atoms with Crippen LogP contribution in [0, 0.1) is 5.41 Å². The molecular formula is C20H23N3O2S2. The predicted octanol–water partition coefficient (Wildman–Crippen LogP) is 4.54. The lowest BCUT2D eigenvalue weighted by Gasteiger charge is -2.29. The Morgan fingerprint density at radius 1 is 1.44 bits per heavy atom. The van der Waals surface area contributed by atoms with E-state index in [-0.39, 0.29) is 5.41 Å². The summed E-state index contributed by atoms with van der Waals surface area (Å²) in [6.45, 7) is 4.95. The van der Waals surface area contributed by atoms with Gasteiger partial charge < -0.3 is 5.11 Å². The molecule has 0 saturated heterocycles. The first-order valence-corrected chi connectivity index (χ1v) is 10.7. The van der Waals surface area contributed by atoms with Crippen LogP contribution < -0.4 is 5.84 Å². The molecule has 0 aromatic carbocycles. The average molecular weight is 402 g/mol. The molecule has 3 aromatic rings. The second-order valence-corrected chi connectivity index (χ2v) is 10.1. The minimum absolute atomic E-state index is 0.131. The number of hydrogen-bond donors (Lipinski definition) is 2. The Morgan fingerprint density at radius 3 is 2.93 bits per heavy atom. The number of nitrogens with two attached hydrogens (primary N) is 1. The standard InChI is InChI=1S/C20H23N3O2S2/c1-20(2)6-4-14-13(8-20)16(19(24)25)17(27-14)15-11(10-23(3)21)9-22-18-12(15)5-7-26-18/h5,7,9H,4,6,8,10,21H2,1-3H3,(H,24,25). The number of fused-ring (bicyclic) bond motifs is 2. The van der Waals surface area contributed by atoms with Crippen LogP contribution in [-0.2, 0) is 19.4 Å². The van der Waals surface area contributed by atoms with E-state index in [9.17, 15) is 9.90 Å². The molecule has 3 heterocycles. The van der Waals surface area contributed by atoms with Gasteiger partial charge in [0.05, 0.1) is 10.4 Å². The number of aryl methyl sites for hydroxylation is 1. The van der Waals surface area contributed by atoms with Crippen LogP contribution in [0.2, 0.25) is 0 Å². The number of rotatable bonds is 4. The number of carboxylic acids is 1. The molecule has 0 radical (unpaired) electrons. The van der Waals surface area contributed by atoms with E-state index in [4.69, 9.17) is 5.84 Å². The first kappa shape index (κ1) is 18.6. The van der Waals surface area contributed by atoms with Gasteiger partial charge in [-0.2, -0.15) is 0 Å². The molecule has 0 unspecified atom stereocenters. The Labute approximate surface area is 166 Å². The van der Waals surface area contributed by atoms with Crippen molar-refractivity contribution in [1.29, 1.82) is 0 Å². The van der Waals surface area contributed by atoms with Gasteiger partial charge in [0.1, 0.15) is 4.83 Å². The molecule has 7 heteroatoms. The van der Waals surface area contributed by atoms with Crippen LogP contribution in [0.15, 0.2) is 17.6 Å². The molecule has 27 heavy (non-hydrogen) atoms. The highest BCUT2D eigenvalue weighted by molar-refractivity contribution is 7.17. The summed E-state index contributed by atoms with van der Waals surface area (Å²) in [5.74, 6) is 5.08. The van der Waals surface area contributed by atoms with E-state index >= 15 is 0 Å². The lowest BCUT2D eigenvalue weighted by Crippen LogP contribution is -2.25. The molecule has 5 nitrogen and oxygen atoms in total. The van der Waals surface area contributed by atoms with Crippen molar-refractivity contribution in [2.75, 3.05) is 7.05 Å². The molecule has 0 saturated carbocycles. The van der Waals surface area contributed by atoms with Gasteiger partial charge in [0.15, 0.2) is 0 Å². The fourth-order valence-electron chi connectivity index (χ4n) is 3.94. The minimum Gasteiger partial charge on any atom is -0.478 e. The minimum atomic E-state index is -0.840. The molecular weight excluding hydrogens is 378 g/mol. The Balaban J connectivity index is 2.01. The van der Waals surface area contributed by atoms with Crippen molar-refractivity contribution in [3.8, 4) is 10.4 Å². The van der Waals surface area contributed by atoms with Gasteiger partial charge in [0.25, 0.3) is 0 Å². The van der Waals surface area contributed by atoms with Gasteiger partial charge in [-0.05, 0) is 47.3 Å². The van der Waals surface area contributed by atoms with Gasteiger partial charge in [-0.1, -0.05) is 13.8 Å². The van der Waals surface area contributed by atoms with Crippen LogP contribution in [0.25, 0.3) is 20.7 Å². The van der Waals surface area contributed by atoms with Crippen molar-refractivity contribution in [3.05, 3.63) is 39.2 Å². The zero-order valence-corrected chi connectivity index (χ0v) is 17.3. The molecule has 0 bridgehead atoms. The van der Waals surface area contributed by atoms with Crippen LogP contribution in [0.1, 0.15) is 46.6 Å². The fourth-order valence-corrected chi connectivity index (χ4v) is 6.09. The molecule has 3 aromatic heterocycles. The maximum absolute atomic E-state index is 12.3. The SMILES string of the molecule is CN(N)Cc1cnc2sccc2c1-c1sc2c(c1C(=O)O)CC(C)(C)CC2. The quantitative estimate of drug-likeness (QED) is 0.495. The monoisotopic (exact) mass is 401 g/mol. The first-order chi connectivity index (χ1) is 12.8. The maximum atomic E-state index is 12.3. The number of hydrazine groups is 1. The van der Waals surface area contributed by atoms with Crippen LogP contribution in [0.3, 0.4) is 0 Å². The van der Waals surface area contributed by atoms with Gasteiger partial charge in [0.2, 0.25) is 0 Å². The van der Waals surface area contributed by atoms with Crippen molar-refractivity contribution < 1.29 is 9.90 Å². The molecule has 1 aliphatic carbocycles. The third kappa shape index (κ3) is 3.29. The number of hydrogen-bond acceptors (Lipinski definition) is 6. The third-order valence-corrected chi connectivity index (χ3v) is 7.34. The highest BCUT2D eigenvalue weighted by Crippen LogP contribution is 2.47. The van der Waals surface area contributed by atoms with Crippen molar-refractivity contribution in [2.24, 2.45) is 11.3 Å². The Bertz CT molecular complexity index is 1030. The molecule has 0 amide bonds. The number of carboxylic acid groups (broad SMARTS) is 1. The molecule has 0 fully saturated rings. The zero-order chi connectivity index (χ0) is 19.3. The summed E-state index contributed by atoms with van der Waals surface area (Å²) in [5, 5.41) is 14.7. The van der Waals surface area contributed by atoms with Crippen molar-refractivity contribution in [3.63, 3.8) is 0 Å². The number of pyridine rings is 1. The molecule has 0 atom stereocenters. The smallest absolute Gasteiger partial charge is 0.337 e. The summed E-state index contributed by atoms with van der Waals surface area (Å²) in [7, 11) is 1.81. The van der Waals surface area contributed by atoms with Gasteiger partial charge >= 0.3 is 5.97 Å². The highest BCUT2D eigenvalue weighted by atomic mass is 32.1. The van der Waals surface area contributed by atoms with Gasteiger partial charge in [-0.15, -0.1) is 22.7 Å². The molecule has 0 aliphatic heterocycles. The topological polar surface area (TPSA) is 79.5 Å². The Morgan fingerprint density at radius 2 is 2.22 bits per heavy atom. The van der Waals surface area contributed by atoms with E-state index in [1.54, 1.807) is 27.7 Å². The van der Waals surface area contributed by atoms with E-state index in [1.165, 1.54) is 4.88 Å². The van der Waals surface area contributed by atoms with E-state index < -0.39 is 5.97 Å². The second-order valence-electron chi connectivity index (χ2n) is 8.07. The van der Waals surface area contributed by atoms with Crippen molar-refractivity contribution >= 4 is 38.9 Å².